The van der Waals surface area contributed by atoms with Crippen molar-refractivity contribution >= 4 is 23.7 Å². The standard InChI is InChI=1S/C21H20O6/c1-26-18-8-9-19(24)15(12-18)5-7-17(23)13-16(22)6-3-14-4-10-21(27-2)20(25)11-14/h3-12,24-25H,13H2,1-2H3/b6-3+,7-5+. The molecule has 27 heavy (non-hydrogen) atoms. The average Bonchev–Trinajstić information content (AvgIpc) is 2.66. The molecule has 0 spiro atoms. The number of benzene rings is 2. The van der Waals surface area contributed by atoms with Crippen molar-refractivity contribution in [3.63, 3.8) is 0 Å². The molecule has 0 radical (unpaired) electrons. The third-order valence-electron chi connectivity index (χ3n) is 3.70. The number of aromatic hydroxyl groups is 2. The largest absolute Gasteiger partial charge is 0.507 e. The molecular weight excluding hydrogens is 348 g/mol. The van der Waals surface area contributed by atoms with Crippen LogP contribution in [0.25, 0.3) is 12.2 Å². The van der Waals surface area contributed by atoms with Gasteiger partial charge in [0, 0.05) is 5.56 Å². The van der Waals surface area contributed by atoms with E-state index in [1.165, 1.54) is 50.7 Å². The SMILES string of the molecule is COc1ccc(O)c(/C=C/C(=O)CC(=O)/C=C/c2ccc(OC)c(O)c2)c1. The molecular formula is C21H20O6. The van der Waals surface area contributed by atoms with Crippen LogP contribution in [-0.2, 0) is 9.59 Å². The summed E-state index contributed by atoms with van der Waals surface area (Å²) in [6.07, 6.45) is 5.14. The second-order valence-corrected chi connectivity index (χ2v) is 5.63. The molecule has 0 bridgehead atoms. The van der Waals surface area contributed by atoms with E-state index in [2.05, 4.69) is 0 Å². The van der Waals surface area contributed by atoms with E-state index >= 15 is 0 Å². The molecule has 0 heterocycles. The Kier molecular flexibility index (Phi) is 6.77. The summed E-state index contributed by atoms with van der Waals surface area (Å²) >= 11 is 0. The number of ketones is 2. The van der Waals surface area contributed by atoms with Gasteiger partial charge in [-0.15, -0.1) is 0 Å². The zero-order chi connectivity index (χ0) is 19.8. The minimum atomic E-state index is -0.399. The lowest BCUT2D eigenvalue weighted by Crippen LogP contribution is -2.01. The molecule has 0 saturated carbocycles. The predicted molar refractivity (Wildman–Crippen MR) is 102 cm³/mol. The van der Waals surface area contributed by atoms with Gasteiger partial charge in [0.15, 0.2) is 23.1 Å². The number of phenolic OH excluding ortho intramolecular Hbond substituents is 2. The van der Waals surface area contributed by atoms with Gasteiger partial charge < -0.3 is 19.7 Å². The lowest BCUT2D eigenvalue weighted by atomic mass is 10.1. The molecule has 0 aromatic heterocycles. The van der Waals surface area contributed by atoms with Crippen molar-refractivity contribution in [2.75, 3.05) is 14.2 Å². The van der Waals surface area contributed by atoms with Crippen molar-refractivity contribution in [1.29, 1.82) is 0 Å². The first kappa shape index (κ1) is 19.8. The van der Waals surface area contributed by atoms with Gasteiger partial charge in [-0.3, -0.25) is 9.59 Å². The van der Waals surface area contributed by atoms with Crippen molar-refractivity contribution in [3.8, 4) is 23.0 Å². The third-order valence-corrected chi connectivity index (χ3v) is 3.70. The quantitative estimate of drug-likeness (QED) is 0.548. The van der Waals surface area contributed by atoms with E-state index in [1.54, 1.807) is 24.3 Å². The molecule has 0 aliphatic heterocycles. The number of allylic oxidation sites excluding steroid dienone is 2. The van der Waals surface area contributed by atoms with Crippen LogP contribution in [0.1, 0.15) is 17.5 Å². The van der Waals surface area contributed by atoms with Gasteiger partial charge in [-0.1, -0.05) is 12.1 Å². The smallest absolute Gasteiger partial charge is 0.163 e. The second kappa shape index (κ2) is 9.24. The summed E-state index contributed by atoms with van der Waals surface area (Å²) in [6.45, 7) is 0. The molecule has 2 N–H and O–H groups in total. The minimum absolute atomic E-state index is 0.00499. The summed E-state index contributed by atoms with van der Waals surface area (Å²) in [5.41, 5.74) is 1.02. The van der Waals surface area contributed by atoms with Gasteiger partial charge in [0.25, 0.3) is 0 Å². The molecule has 0 fully saturated rings. The van der Waals surface area contributed by atoms with Crippen LogP contribution in [0.5, 0.6) is 23.0 Å². The molecule has 0 aliphatic rings. The summed E-state index contributed by atoms with van der Waals surface area (Å²) in [4.78, 5) is 23.8. The number of carbonyl (C=O) groups is 2. The van der Waals surface area contributed by atoms with Crippen LogP contribution in [0.3, 0.4) is 0 Å². The van der Waals surface area contributed by atoms with Crippen molar-refractivity contribution < 1.29 is 29.3 Å². The Morgan fingerprint density at radius 2 is 1.59 bits per heavy atom. The maximum atomic E-state index is 11.9. The molecule has 0 unspecified atom stereocenters. The van der Waals surface area contributed by atoms with Crippen LogP contribution in [0.2, 0.25) is 0 Å². The van der Waals surface area contributed by atoms with Crippen LogP contribution < -0.4 is 9.47 Å². The topological polar surface area (TPSA) is 93.1 Å². The Morgan fingerprint density at radius 1 is 0.889 bits per heavy atom. The normalized spacial score (nSPS) is 11.0. The zero-order valence-electron chi connectivity index (χ0n) is 15.0. The highest BCUT2D eigenvalue weighted by atomic mass is 16.5. The first-order valence-corrected chi connectivity index (χ1v) is 8.08. The number of methoxy groups -OCH3 is 2. The molecule has 2 aromatic rings. The van der Waals surface area contributed by atoms with Gasteiger partial charge in [0.05, 0.1) is 20.6 Å². The lowest BCUT2D eigenvalue weighted by molar-refractivity contribution is -0.121. The van der Waals surface area contributed by atoms with Crippen LogP contribution in [-0.4, -0.2) is 36.0 Å². The highest BCUT2D eigenvalue weighted by Gasteiger charge is 2.06. The van der Waals surface area contributed by atoms with E-state index < -0.39 is 5.78 Å². The summed E-state index contributed by atoms with van der Waals surface area (Å²) in [5, 5.41) is 19.5. The Bertz CT molecular complexity index is 896. The predicted octanol–water partition coefficient (Wildman–Crippen LogP) is 3.37. The van der Waals surface area contributed by atoms with Crippen molar-refractivity contribution in [1.82, 2.24) is 0 Å². The first-order chi connectivity index (χ1) is 12.9. The molecule has 0 aliphatic carbocycles. The molecule has 6 nitrogen and oxygen atoms in total. The van der Waals surface area contributed by atoms with E-state index in [4.69, 9.17) is 9.47 Å². The summed E-state index contributed by atoms with van der Waals surface area (Å²) in [7, 11) is 2.94. The number of hydrogen-bond acceptors (Lipinski definition) is 6. The van der Waals surface area contributed by atoms with Gasteiger partial charge in [0.1, 0.15) is 11.5 Å². The van der Waals surface area contributed by atoms with E-state index in [0.717, 1.165) is 0 Å². The fraction of sp³-hybridized carbons (Fsp3) is 0.143. The molecule has 2 rings (SSSR count). The van der Waals surface area contributed by atoms with E-state index in [9.17, 15) is 19.8 Å². The Hall–Kier alpha value is -3.54. The maximum Gasteiger partial charge on any atom is 0.163 e. The Morgan fingerprint density at radius 3 is 2.22 bits per heavy atom. The summed E-state index contributed by atoms with van der Waals surface area (Å²) in [5.74, 6) is 0.0649. The number of phenols is 2. The second-order valence-electron chi connectivity index (χ2n) is 5.63. The Labute approximate surface area is 157 Å². The number of rotatable bonds is 8. The number of ether oxygens (including phenoxy) is 2. The third kappa shape index (κ3) is 5.74. The molecule has 6 heteroatoms. The molecule has 0 saturated heterocycles. The van der Waals surface area contributed by atoms with Crippen LogP contribution >= 0.6 is 0 Å². The number of hydrogen-bond donors (Lipinski definition) is 2. The van der Waals surface area contributed by atoms with Gasteiger partial charge >= 0.3 is 0 Å². The number of carbonyl (C=O) groups excluding carboxylic acids is 2. The zero-order valence-corrected chi connectivity index (χ0v) is 15.0. The molecule has 140 valence electrons. The van der Waals surface area contributed by atoms with Crippen LogP contribution in [0.15, 0.2) is 48.6 Å². The summed E-state index contributed by atoms with van der Waals surface area (Å²) < 4.78 is 10.0. The van der Waals surface area contributed by atoms with E-state index in [0.29, 0.717) is 22.6 Å². The van der Waals surface area contributed by atoms with Crippen LogP contribution in [0.4, 0.5) is 0 Å². The molecule has 0 amide bonds. The fourth-order valence-corrected chi connectivity index (χ4v) is 2.27. The Balaban J connectivity index is 1.97. The van der Waals surface area contributed by atoms with Gasteiger partial charge in [0.2, 0.25) is 0 Å². The lowest BCUT2D eigenvalue weighted by Gasteiger charge is -2.03. The molecule has 0 atom stereocenters. The van der Waals surface area contributed by atoms with Gasteiger partial charge in [-0.2, -0.15) is 0 Å². The fourth-order valence-electron chi connectivity index (χ4n) is 2.27. The average molecular weight is 368 g/mol. The van der Waals surface area contributed by atoms with E-state index in [-0.39, 0.29) is 23.7 Å². The van der Waals surface area contributed by atoms with E-state index in [1.807, 2.05) is 0 Å². The maximum absolute atomic E-state index is 11.9. The van der Waals surface area contributed by atoms with Crippen molar-refractivity contribution in [2.45, 2.75) is 6.42 Å². The van der Waals surface area contributed by atoms with Gasteiger partial charge in [-0.05, 0) is 54.1 Å². The highest BCUT2D eigenvalue weighted by molar-refractivity contribution is 6.11. The first-order valence-electron chi connectivity index (χ1n) is 8.08. The van der Waals surface area contributed by atoms with Gasteiger partial charge in [-0.25, -0.2) is 0 Å². The monoisotopic (exact) mass is 368 g/mol. The summed E-state index contributed by atoms with van der Waals surface area (Å²) in [6, 6.07) is 9.34. The van der Waals surface area contributed by atoms with Crippen LogP contribution in [0, 0.1) is 0 Å². The minimum Gasteiger partial charge on any atom is -0.507 e. The molecule has 2 aromatic carbocycles. The van der Waals surface area contributed by atoms with Crippen molar-refractivity contribution in [2.24, 2.45) is 0 Å². The van der Waals surface area contributed by atoms with Crippen molar-refractivity contribution in [3.05, 3.63) is 59.7 Å². The highest BCUT2D eigenvalue weighted by Crippen LogP contribution is 2.27.